The second kappa shape index (κ2) is 11.5. The molecule has 4 rings (SSSR count). The van der Waals surface area contributed by atoms with Gasteiger partial charge in [0.15, 0.2) is 5.82 Å². The molecule has 1 atom stereocenters. The van der Waals surface area contributed by atoms with Gasteiger partial charge in [0.25, 0.3) is 0 Å². The largest absolute Gasteiger partial charge is 0.367 e. The lowest BCUT2D eigenvalue weighted by Gasteiger charge is -2.20. The molecule has 0 aliphatic rings. The fraction of sp³-hybridized carbons (Fsp3) is 0.310. The van der Waals surface area contributed by atoms with Gasteiger partial charge in [-0.25, -0.2) is 9.97 Å². The molecule has 4 aromatic rings. The molecule has 0 spiro atoms. The van der Waals surface area contributed by atoms with Gasteiger partial charge in [-0.1, -0.05) is 80.0 Å². The quantitative estimate of drug-likeness (QED) is 0.259. The highest BCUT2D eigenvalue weighted by Gasteiger charge is 2.13. The van der Waals surface area contributed by atoms with Crippen molar-refractivity contribution in [2.75, 3.05) is 25.0 Å². The van der Waals surface area contributed by atoms with Crippen LogP contribution in [-0.2, 0) is 0 Å². The number of hydrogen-bond donors (Lipinski definition) is 1. The summed E-state index contributed by atoms with van der Waals surface area (Å²) in [6.45, 7) is 9.98. The van der Waals surface area contributed by atoms with E-state index >= 15 is 0 Å². The number of hydrogen-bond acceptors (Lipinski definition) is 4. The van der Waals surface area contributed by atoms with Gasteiger partial charge in [0, 0.05) is 22.0 Å². The Morgan fingerprint density at radius 1 is 0.853 bits per heavy atom. The summed E-state index contributed by atoms with van der Waals surface area (Å²) < 4.78 is 0. The highest BCUT2D eigenvalue weighted by atomic mass is 35.5. The number of aromatic nitrogens is 2. The van der Waals surface area contributed by atoms with Gasteiger partial charge in [-0.15, -0.1) is 0 Å². The monoisotopic (exact) mass is 472 g/mol. The average Bonchev–Trinajstić information content (AvgIpc) is 2.87. The van der Waals surface area contributed by atoms with Crippen molar-refractivity contribution in [3.63, 3.8) is 0 Å². The van der Waals surface area contributed by atoms with Crippen LogP contribution in [0.5, 0.6) is 0 Å². The van der Waals surface area contributed by atoms with Gasteiger partial charge >= 0.3 is 0 Å². The number of fused-ring (bicyclic) bond motifs is 1. The first kappa shape index (κ1) is 24.2. The van der Waals surface area contributed by atoms with Crippen molar-refractivity contribution in [1.82, 2.24) is 14.9 Å². The minimum atomic E-state index is 0.303. The van der Waals surface area contributed by atoms with Crippen LogP contribution in [0.4, 0.5) is 5.82 Å². The molecule has 4 nitrogen and oxygen atoms in total. The summed E-state index contributed by atoms with van der Waals surface area (Å²) in [5.41, 5.74) is 4.20. The first-order valence-electron chi connectivity index (χ1n) is 12.2. The maximum atomic E-state index is 6.30. The number of nitrogens with one attached hydrogen (secondary N) is 1. The summed E-state index contributed by atoms with van der Waals surface area (Å²) in [7, 11) is 0. The van der Waals surface area contributed by atoms with E-state index in [4.69, 9.17) is 21.6 Å². The van der Waals surface area contributed by atoms with Crippen LogP contribution in [0.2, 0.25) is 5.02 Å². The van der Waals surface area contributed by atoms with Crippen molar-refractivity contribution < 1.29 is 0 Å². The van der Waals surface area contributed by atoms with Crippen LogP contribution in [0.25, 0.3) is 33.4 Å². The molecule has 176 valence electrons. The van der Waals surface area contributed by atoms with E-state index in [1.54, 1.807) is 0 Å². The molecule has 1 N–H and O–H groups in total. The van der Waals surface area contributed by atoms with Gasteiger partial charge < -0.3 is 10.2 Å². The molecular weight excluding hydrogens is 440 g/mol. The Labute approximate surface area is 208 Å². The van der Waals surface area contributed by atoms with Crippen molar-refractivity contribution in [2.24, 2.45) is 0 Å². The summed E-state index contributed by atoms with van der Waals surface area (Å²) in [6.07, 6.45) is 2.23. The molecule has 1 heterocycles. The van der Waals surface area contributed by atoms with E-state index in [0.717, 1.165) is 54.8 Å². The zero-order valence-electron chi connectivity index (χ0n) is 20.3. The first-order chi connectivity index (χ1) is 16.6. The zero-order valence-corrected chi connectivity index (χ0v) is 21.0. The fourth-order valence-electron chi connectivity index (χ4n) is 4.25. The minimum absolute atomic E-state index is 0.303. The highest BCUT2D eigenvalue weighted by molar-refractivity contribution is 6.31. The second-order valence-corrected chi connectivity index (χ2v) is 9.15. The van der Waals surface area contributed by atoms with Gasteiger partial charge in [0.1, 0.15) is 5.82 Å². The van der Waals surface area contributed by atoms with Crippen LogP contribution < -0.4 is 5.32 Å². The van der Waals surface area contributed by atoms with E-state index in [1.165, 1.54) is 11.1 Å². The third-order valence-electron chi connectivity index (χ3n) is 6.30. The minimum Gasteiger partial charge on any atom is -0.367 e. The van der Waals surface area contributed by atoms with Gasteiger partial charge in [-0.2, -0.15) is 0 Å². The molecule has 1 aromatic heterocycles. The average molecular weight is 473 g/mol. The van der Waals surface area contributed by atoms with E-state index in [1.807, 2.05) is 24.3 Å². The molecule has 5 heteroatoms. The Bertz CT molecular complexity index is 1200. The van der Waals surface area contributed by atoms with Gasteiger partial charge in [-0.05, 0) is 68.7 Å². The topological polar surface area (TPSA) is 41.0 Å². The summed E-state index contributed by atoms with van der Waals surface area (Å²) >= 11 is 6.30. The number of nitrogens with zero attached hydrogens (tertiary/aromatic N) is 3. The van der Waals surface area contributed by atoms with Crippen LogP contribution in [-0.4, -0.2) is 40.5 Å². The lowest BCUT2D eigenvalue weighted by atomic mass is 10.0. The van der Waals surface area contributed by atoms with E-state index < -0.39 is 0 Å². The SMILES string of the molecule is CCN(CC)CCCC(C)Nc1nc(-c2ccc(-c3ccccc3)cc2)nc2cc(Cl)ccc12. The molecule has 3 aromatic carbocycles. The summed E-state index contributed by atoms with van der Waals surface area (Å²) in [5, 5.41) is 5.31. The maximum Gasteiger partial charge on any atom is 0.162 e. The van der Waals surface area contributed by atoms with Crippen LogP contribution >= 0.6 is 11.6 Å². The summed E-state index contributed by atoms with van der Waals surface area (Å²) in [5.74, 6) is 1.56. The third-order valence-corrected chi connectivity index (χ3v) is 6.53. The first-order valence-corrected chi connectivity index (χ1v) is 12.6. The van der Waals surface area contributed by atoms with Crippen molar-refractivity contribution >= 4 is 28.3 Å². The molecule has 0 saturated heterocycles. The van der Waals surface area contributed by atoms with E-state index in [-0.39, 0.29) is 0 Å². The van der Waals surface area contributed by atoms with Crippen LogP contribution in [0.1, 0.15) is 33.6 Å². The van der Waals surface area contributed by atoms with Crippen LogP contribution in [0.3, 0.4) is 0 Å². The third kappa shape index (κ3) is 5.94. The smallest absolute Gasteiger partial charge is 0.162 e. The molecule has 0 amide bonds. The normalized spacial score (nSPS) is 12.3. The molecule has 0 aliphatic carbocycles. The van der Waals surface area contributed by atoms with Crippen LogP contribution in [0.15, 0.2) is 72.8 Å². The molecular formula is C29H33ClN4. The molecule has 0 saturated carbocycles. The Kier molecular flexibility index (Phi) is 8.15. The fourth-order valence-corrected chi connectivity index (χ4v) is 4.42. The van der Waals surface area contributed by atoms with Gasteiger partial charge in [0.2, 0.25) is 0 Å². The van der Waals surface area contributed by atoms with Crippen molar-refractivity contribution in [3.05, 3.63) is 77.8 Å². The summed E-state index contributed by atoms with van der Waals surface area (Å²) in [4.78, 5) is 12.2. The predicted molar refractivity (Wildman–Crippen MR) is 146 cm³/mol. The molecule has 0 bridgehead atoms. The highest BCUT2D eigenvalue weighted by Crippen LogP contribution is 2.29. The Hall–Kier alpha value is -2.95. The lowest BCUT2D eigenvalue weighted by Crippen LogP contribution is -2.25. The Morgan fingerprint density at radius 2 is 1.53 bits per heavy atom. The number of anilines is 1. The lowest BCUT2D eigenvalue weighted by molar-refractivity contribution is 0.295. The van der Waals surface area contributed by atoms with E-state index in [0.29, 0.717) is 16.9 Å². The second-order valence-electron chi connectivity index (χ2n) is 8.72. The Morgan fingerprint density at radius 3 is 2.24 bits per heavy atom. The molecule has 1 unspecified atom stereocenters. The number of benzene rings is 3. The molecule has 34 heavy (non-hydrogen) atoms. The predicted octanol–water partition coefficient (Wildman–Crippen LogP) is 7.54. The van der Waals surface area contributed by atoms with Crippen molar-refractivity contribution in [2.45, 2.75) is 39.7 Å². The number of halogens is 1. The standard InChI is InChI=1S/C29H33ClN4/c1-4-34(5-2)19-9-10-21(3)31-29-26-18-17-25(30)20-27(26)32-28(33-29)24-15-13-23(14-16-24)22-11-7-6-8-12-22/h6-8,11-18,20-21H,4-5,9-10,19H2,1-3H3,(H,31,32,33). The maximum absolute atomic E-state index is 6.30. The number of rotatable bonds is 10. The Balaban J connectivity index is 1.59. The molecule has 0 fully saturated rings. The zero-order chi connectivity index (χ0) is 23.9. The van der Waals surface area contributed by atoms with Gasteiger partial charge in [0.05, 0.1) is 5.52 Å². The molecule has 0 aliphatic heterocycles. The van der Waals surface area contributed by atoms with E-state index in [2.05, 4.69) is 79.5 Å². The molecule has 0 radical (unpaired) electrons. The van der Waals surface area contributed by atoms with Crippen LogP contribution in [0, 0.1) is 0 Å². The summed E-state index contributed by atoms with van der Waals surface area (Å²) in [6, 6.07) is 24.9. The van der Waals surface area contributed by atoms with Crippen molar-refractivity contribution in [3.8, 4) is 22.5 Å². The van der Waals surface area contributed by atoms with E-state index in [9.17, 15) is 0 Å². The van der Waals surface area contributed by atoms with Crippen molar-refractivity contribution in [1.29, 1.82) is 0 Å². The van der Waals surface area contributed by atoms with Gasteiger partial charge in [-0.3, -0.25) is 0 Å².